The molecule has 1 aromatic carbocycles. The van der Waals surface area contributed by atoms with E-state index in [1.165, 1.54) is 18.5 Å². The smallest absolute Gasteiger partial charge is 0.408 e. The Kier molecular flexibility index (Phi) is 5.16. The second-order valence-electron chi connectivity index (χ2n) is 9.90. The molecule has 3 aromatic rings. The van der Waals surface area contributed by atoms with E-state index in [-0.39, 0.29) is 28.4 Å². The zero-order valence-electron chi connectivity index (χ0n) is 18.6. The van der Waals surface area contributed by atoms with Crippen molar-refractivity contribution in [2.75, 3.05) is 0 Å². The number of benzene rings is 1. The molecule has 2 aromatic heterocycles. The zero-order valence-corrected chi connectivity index (χ0v) is 20.1. The molecule has 3 saturated carbocycles. The molecule has 2 bridgehead atoms. The number of fused-ring (bicyclic) bond motifs is 1. The predicted molar refractivity (Wildman–Crippen MR) is 123 cm³/mol. The van der Waals surface area contributed by atoms with E-state index in [1.807, 2.05) is 4.68 Å². The number of carbonyl (C=O) groups excluding carboxylic acids is 1. The molecule has 3 heterocycles. The SMILES string of the molecule is O=C(NC12CC(n3cc(-c4cnn(CC(F)(F)F)c4)cn3)(C1)C2)[C@H]1C[C@@H](O)c2cc(Cl)c(Cl)cc2O1. The summed E-state index contributed by atoms with van der Waals surface area (Å²) in [5, 5.41) is 22.3. The maximum Gasteiger partial charge on any atom is 0.408 e. The van der Waals surface area contributed by atoms with Crippen molar-refractivity contribution in [3.63, 3.8) is 0 Å². The number of halogens is 5. The van der Waals surface area contributed by atoms with Crippen LogP contribution in [0.5, 0.6) is 5.75 Å². The van der Waals surface area contributed by atoms with E-state index < -0.39 is 24.9 Å². The minimum Gasteiger partial charge on any atom is -0.480 e. The quantitative estimate of drug-likeness (QED) is 0.503. The molecule has 3 fully saturated rings. The van der Waals surface area contributed by atoms with Gasteiger partial charge < -0.3 is 15.2 Å². The largest absolute Gasteiger partial charge is 0.480 e. The van der Waals surface area contributed by atoms with E-state index in [0.717, 1.165) is 4.68 Å². The molecule has 4 aliphatic rings. The first-order chi connectivity index (χ1) is 16.9. The van der Waals surface area contributed by atoms with Gasteiger partial charge in [-0.05, 0) is 25.3 Å². The van der Waals surface area contributed by atoms with Crippen molar-refractivity contribution in [2.24, 2.45) is 0 Å². The van der Waals surface area contributed by atoms with Gasteiger partial charge in [0.25, 0.3) is 5.91 Å². The van der Waals surface area contributed by atoms with Crippen molar-refractivity contribution in [2.45, 2.75) is 61.7 Å². The van der Waals surface area contributed by atoms with Gasteiger partial charge in [-0.3, -0.25) is 14.2 Å². The third-order valence-electron chi connectivity index (χ3n) is 7.18. The zero-order chi connectivity index (χ0) is 25.5. The average molecular weight is 542 g/mol. The summed E-state index contributed by atoms with van der Waals surface area (Å²) in [6.07, 6.45) is 2.14. The summed E-state index contributed by atoms with van der Waals surface area (Å²) in [5.41, 5.74) is 1.11. The number of carbonyl (C=O) groups is 1. The van der Waals surface area contributed by atoms with Gasteiger partial charge in [-0.25, -0.2) is 0 Å². The van der Waals surface area contributed by atoms with Crippen LogP contribution in [0.1, 0.15) is 37.4 Å². The number of aliphatic hydroxyl groups excluding tert-OH is 1. The number of aliphatic hydroxyl groups is 1. The molecular formula is C23H20Cl2F3N5O3. The van der Waals surface area contributed by atoms with Crippen LogP contribution in [0.3, 0.4) is 0 Å². The number of alkyl halides is 3. The van der Waals surface area contributed by atoms with Gasteiger partial charge in [-0.2, -0.15) is 23.4 Å². The van der Waals surface area contributed by atoms with E-state index >= 15 is 0 Å². The standard InChI is InChI=1S/C23H20Cl2F3N5O3/c24-15-1-14-17(34)3-19(36-18(14)2-16(15)25)20(35)31-21-8-22(9-21,10-21)33-7-13(5-30-33)12-4-29-32(6-12)11-23(26,27)28/h1-2,4-7,17,19,34H,3,8-11H2,(H,31,35)/t17-,19-,21?,22?/m1/s1. The number of hydrogen-bond acceptors (Lipinski definition) is 5. The van der Waals surface area contributed by atoms with E-state index in [2.05, 4.69) is 15.5 Å². The van der Waals surface area contributed by atoms with Crippen molar-refractivity contribution >= 4 is 29.1 Å². The topological polar surface area (TPSA) is 94.2 Å². The highest BCUT2D eigenvalue weighted by Crippen LogP contribution is 2.65. The lowest BCUT2D eigenvalue weighted by molar-refractivity contribution is -0.165. The molecule has 2 atom stereocenters. The summed E-state index contributed by atoms with van der Waals surface area (Å²) in [6.45, 7) is -1.15. The van der Waals surface area contributed by atoms with E-state index in [0.29, 0.717) is 46.7 Å². The molecule has 0 spiro atoms. The average Bonchev–Trinajstić information content (AvgIpc) is 3.39. The molecule has 1 amide bonds. The number of rotatable bonds is 5. The third-order valence-corrected chi connectivity index (χ3v) is 7.90. The number of aromatic nitrogens is 4. The van der Waals surface area contributed by atoms with Crippen LogP contribution in [0.25, 0.3) is 11.1 Å². The van der Waals surface area contributed by atoms with Gasteiger partial charge in [0.15, 0.2) is 6.10 Å². The van der Waals surface area contributed by atoms with Crippen LogP contribution in [0.4, 0.5) is 13.2 Å². The van der Waals surface area contributed by atoms with Crippen LogP contribution >= 0.6 is 23.2 Å². The second kappa shape index (κ2) is 7.87. The Labute approximate surface area is 212 Å². The summed E-state index contributed by atoms with van der Waals surface area (Å²) in [6, 6.07) is 3.04. The Morgan fingerprint density at radius 3 is 2.53 bits per heavy atom. The van der Waals surface area contributed by atoms with E-state index in [1.54, 1.807) is 18.5 Å². The molecule has 3 aliphatic carbocycles. The maximum absolute atomic E-state index is 13.0. The predicted octanol–water partition coefficient (Wildman–Crippen LogP) is 4.25. The Morgan fingerprint density at radius 2 is 1.81 bits per heavy atom. The number of hydrogen-bond donors (Lipinski definition) is 2. The number of ether oxygens (including phenoxy) is 1. The van der Waals surface area contributed by atoms with Crippen LogP contribution in [-0.4, -0.2) is 48.4 Å². The van der Waals surface area contributed by atoms with Gasteiger partial charge in [-0.15, -0.1) is 0 Å². The van der Waals surface area contributed by atoms with Gasteiger partial charge in [0.1, 0.15) is 12.3 Å². The Morgan fingerprint density at radius 1 is 1.14 bits per heavy atom. The summed E-state index contributed by atoms with van der Waals surface area (Å²) >= 11 is 12.1. The van der Waals surface area contributed by atoms with Crippen molar-refractivity contribution < 1.29 is 27.8 Å². The molecule has 0 saturated heterocycles. The summed E-state index contributed by atoms with van der Waals surface area (Å²) in [5.74, 6) is 0.0253. The lowest BCUT2D eigenvalue weighted by Crippen LogP contribution is -2.79. The van der Waals surface area contributed by atoms with Crippen molar-refractivity contribution in [3.05, 3.63) is 52.5 Å². The normalized spacial score (nSPS) is 28.5. The summed E-state index contributed by atoms with van der Waals surface area (Å²) in [4.78, 5) is 13.0. The lowest BCUT2D eigenvalue weighted by atomic mass is 9.44. The fraction of sp³-hybridized carbons (Fsp3) is 0.435. The lowest BCUT2D eigenvalue weighted by Gasteiger charge is -2.70. The van der Waals surface area contributed by atoms with Crippen LogP contribution in [-0.2, 0) is 16.9 Å². The van der Waals surface area contributed by atoms with Crippen molar-refractivity contribution in [3.8, 4) is 16.9 Å². The van der Waals surface area contributed by atoms with Crippen LogP contribution in [0, 0.1) is 0 Å². The van der Waals surface area contributed by atoms with Crippen LogP contribution in [0.2, 0.25) is 10.0 Å². The van der Waals surface area contributed by atoms with Crippen molar-refractivity contribution in [1.29, 1.82) is 0 Å². The molecule has 36 heavy (non-hydrogen) atoms. The molecule has 8 nitrogen and oxygen atoms in total. The van der Waals surface area contributed by atoms with Gasteiger partial charge in [0.05, 0.1) is 34.1 Å². The van der Waals surface area contributed by atoms with E-state index in [4.69, 9.17) is 27.9 Å². The first-order valence-electron chi connectivity index (χ1n) is 11.2. The van der Waals surface area contributed by atoms with Crippen LogP contribution in [0.15, 0.2) is 36.9 Å². The van der Waals surface area contributed by atoms with E-state index in [9.17, 15) is 23.1 Å². The molecule has 7 rings (SSSR count). The molecule has 1 aliphatic heterocycles. The van der Waals surface area contributed by atoms with Gasteiger partial charge >= 0.3 is 6.18 Å². The maximum atomic E-state index is 13.0. The summed E-state index contributed by atoms with van der Waals surface area (Å²) in [7, 11) is 0. The Balaban J connectivity index is 1.08. The molecule has 190 valence electrons. The monoisotopic (exact) mass is 541 g/mol. The molecular weight excluding hydrogens is 522 g/mol. The Bertz CT molecular complexity index is 1350. The second-order valence-corrected chi connectivity index (χ2v) is 10.7. The van der Waals surface area contributed by atoms with Gasteiger partial charge in [0.2, 0.25) is 0 Å². The van der Waals surface area contributed by atoms with Crippen LogP contribution < -0.4 is 10.1 Å². The van der Waals surface area contributed by atoms with Gasteiger partial charge in [0, 0.05) is 47.1 Å². The third kappa shape index (κ3) is 3.93. The number of amides is 1. The molecule has 13 heteroatoms. The molecule has 0 radical (unpaired) electrons. The highest BCUT2D eigenvalue weighted by molar-refractivity contribution is 6.42. The molecule has 0 unspecified atom stereocenters. The molecule has 2 N–H and O–H groups in total. The number of nitrogens with one attached hydrogen (secondary N) is 1. The fourth-order valence-corrected chi connectivity index (χ4v) is 5.89. The minimum absolute atomic E-state index is 0.0998. The first kappa shape index (κ1) is 23.6. The highest BCUT2D eigenvalue weighted by Gasteiger charge is 2.70. The number of nitrogens with zero attached hydrogens (tertiary/aromatic N) is 4. The summed E-state index contributed by atoms with van der Waals surface area (Å²) < 4.78 is 46.3. The van der Waals surface area contributed by atoms with Crippen molar-refractivity contribution in [1.82, 2.24) is 24.9 Å². The fourth-order valence-electron chi connectivity index (χ4n) is 5.56. The Hall–Kier alpha value is -2.76. The van der Waals surface area contributed by atoms with Gasteiger partial charge in [-0.1, -0.05) is 23.2 Å². The first-order valence-corrected chi connectivity index (χ1v) is 12.0. The highest BCUT2D eigenvalue weighted by atomic mass is 35.5. The minimum atomic E-state index is -4.34.